The zero-order valence-electron chi connectivity index (χ0n) is 9.18. The maximum Gasteiger partial charge on any atom is 0.172 e. The lowest BCUT2D eigenvalue weighted by atomic mass is 10.1. The molecule has 0 saturated heterocycles. The van der Waals surface area contributed by atoms with Crippen LogP contribution < -0.4 is 0 Å². The van der Waals surface area contributed by atoms with Gasteiger partial charge in [0.05, 0.1) is 18.8 Å². The molecule has 0 aromatic carbocycles. The Morgan fingerprint density at radius 3 is 2.80 bits per heavy atom. The topological polar surface area (TPSA) is 68.0 Å². The summed E-state index contributed by atoms with van der Waals surface area (Å²) in [7, 11) is 0. The number of hydrogen-bond donors (Lipinski definition) is 1. The second-order valence-corrected chi connectivity index (χ2v) is 3.92. The first kappa shape index (κ1) is 11.8. The van der Waals surface area contributed by atoms with Crippen LogP contribution in [0.25, 0.3) is 0 Å². The van der Waals surface area contributed by atoms with Gasteiger partial charge in [-0.3, -0.25) is 4.79 Å². The van der Waals surface area contributed by atoms with Gasteiger partial charge in [0.1, 0.15) is 5.69 Å². The lowest BCUT2D eigenvalue weighted by Crippen LogP contribution is -2.10. The van der Waals surface area contributed by atoms with Gasteiger partial charge in [0.15, 0.2) is 6.29 Å². The maximum atomic E-state index is 10.7. The highest BCUT2D eigenvalue weighted by atomic mass is 16.3. The molecule has 15 heavy (non-hydrogen) atoms. The summed E-state index contributed by atoms with van der Waals surface area (Å²) in [4.78, 5) is 10.7. The summed E-state index contributed by atoms with van der Waals surface area (Å²) in [5.74, 6) is 0.571. The molecule has 0 aliphatic rings. The molecule has 1 aromatic rings. The van der Waals surface area contributed by atoms with E-state index in [4.69, 9.17) is 5.11 Å². The van der Waals surface area contributed by atoms with Gasteiger partial charge >= 0.3 is 0 Å². The van der Waals surface area contributed by atoms with E-state index in [0.29, 0.717) is 18.2 Å². The van der Waals surface area contributed by atoms with Crippen molar-refractivity contribution in [2.75, 3.05) is 6.61 Å². The molecule has 0 saturated carbocycles. The number of aliphatic hydroxyl groups excluding tert-OH is 1. The normalized spacial score (nSPS) is 10.9. The molecule has 5 heteroatoms. The third-order valence-electron chi connectivity index (χ3n) is 2.25. The molecule has 0 spiro atoms. The fourth-order valence-electron chi connectivity index (χ4n) is 1.39. The van der Waals surface area contributed by atoms with Crippen LogP contribution in [0.2, 0.25) is 0 Å². The standard InChI is InChI=1S/C10H17N3O2/c1-8(2)3-4-10-9(7-15)11-12-13(10)5-6-14/h7-8,14H,3-6H2,1-2H3. The minimum absolute atomic E-state index is 0.0103. The average Bonchev–Trinajstić information content (AvgIpc) is 2.58. The van der Waals surface area contributed by atoms with E-state index in [1.807, 2.05) is 0 Å². The molecule has 0 bridgehead atoms. The third kappa shape index (κ3) is 3.13. The molecule has 1 rings (SSSR count). The van der Waals surface area contributed by atoms with Crippen LogP contribution in [-0.4, -0.2) is 33.0 Å². The minimum Gasteiger partial charge on any atom is -0.394 e. The Morgan fingerprint density at radius 1 is 1.53 bits per heavy atom. The summed E-state index contributed by atoms with van der Waals surface area (Å²) in [6.45, 7) is 4.66. The molecule has 0 aliphatic carbocycles. The maximum absolute atomic E-state index is 10.7. The van der Waals surface area contributed by atoms with E-state index in [2.05, 4.69) is 24.2 Å². The number of carbonyl (C=O) groups excluding carboxylic acids is 1. The van der Waals surface area contributed by atoms with Crippen molar-refractivity contribution in [3.8, 4) is 0 Å². The number of hydrogen-bond acceptors (Lipinski definition) is 4. The number of nitrogens with zero attached hydrogens (tertiary/aromatic N) is 3. The van der Waals surface area contributed by atoms with Gasteiger partial charge in [0.2, 0.25) is 0 Å². The number of aliphatic hydroxyl groups is 1. The van der Waals surface area contributed by atoms with Gasteiger partial charge in [0, 0.05) is 0 Å². The fraction of sp³-hybridized carbons (Fsp3) is 0.700. The predicted molar refractivity (Wildman–Crippen MR) is 55.7 cm³/mol. The summed E-state index contributed by atoms with van der Waals surface area (Å²) in [6, 6.07) is 0. The number of rotatable bonds is 6. The Labute approximate surface area is 89.1 Å². The van der Waals surface area contributed by atoms with Crippen molar-refractivity contribution in [3.05, 3.63) is 11.4 Å². The fourth-order valence-corrected chi connectivity index (χ4v) is 1.39. The smallest absolute Gasteiger partial charge is 0.172 e. The van der Waals surface area contributed by atoms with Crippen molar-refractivity contribution < 1.29 is 9.90 Å². The Morgan fingerprint density at radius 2 is 2.27 bits per heavy atom. The number of carbonyl (C=O) groups is 1. The van der Waals surface area contributed by atoms with Crippen LogP contribution in [0.4, 0.5) is 0 Å². The molecule has 0 radical (unpaired) electrons. The summed E-state index contributed by atoms with van der Waals surface area (Å²) >= 11 is 0. The molecule has 0 fully saturated rings. The zero-order valence-corrected chi connectivity index (χ0v) is 9.18. The summed E-state index contributed by atoms with van der Waals surface area (Å²) in [6.07, 6.45) is 2.48. The van der Waals surface area contributed by atoms with E-state index in [1.165, 1.54) is 0 Å². The minimum atomic E-state index is 0.0103. The van der Waals surface area contributed by atoms with Crippen molar-refractivity contribution in [1.29, 1.82) is 0 Å². The van der Waals surface area contributed by atoms with Gasteiger partial charge in [0.25, 0.3) is 0 Å². The molecule has 84 valence electrons. The lowest BCUT2D eigenvalue weighted by molar-refractivity contribution is 0.111. The highest BCUT2D eigenvalue weighted by molar-refractivity contribution is 5.73. The van der Waals surface area contributed by atoms with Crippen LogP contribution >= 0.6 is 0 Å². The number of aldehydes is 1. The highest BCUT2D eigenvalue weighted by Gasteiger charge is 2.11. The van der Waals surface area contributed by atoms with E-state index in [9.17, 15) is 4.79 Å². The van der Waals surface area contributed by atoms with Crippen molar-refractivity contribution in [3.63, 3.8) is 0 Å². The van der Waals surface area contributed by atoms with Crippen LogP contribution in [0, 0.1) is 5.92 Å². The van der Waals surface area contributed by atoms with Crippen LogP contribution in [-0.2, 0) is 13.0 Å². The molecule has 1 aromatic heterocycles. The van der Waals surface area contributed by atoms with Gasteiger partial charge in [-0.15, -0.1) is 5.10 Å². The Bertz CT molecular complexity index is 320. The second-order valence-electron chi connectivity index (χ2n) is 3.92. The monoisotopic (exact) mass is 211 g/mol. The van der Waals surface area contributed by atoms with Crippen LogP contribution in [0.5, 0.6) is 0 Å². The van der Waals surface area contributed by atoms with E-state index in [0.717, 1.165) is 24.8 Å². The molecule has 0 atom stereocenters. The Kier molecular flexibility index (Phi) is 4.42. The summed E-state index contributed by atoms with van der Waals surface area (Å²) < 4.78 is 1.60. The summed E-state index contributed by atoms with van der Waals surface area (Å²) in [5.41, 5.74) is 1.22. The molecule has 1 N–H and O–H groups in total. The van der Waals surface area contributed by atoms with Crippen molar-refractivity contribution in [1.82, 2.24) is 15.0 Å². The molecule has 0 aliphatic heterocycles. The molecule has 0 unspecified atom stereocenters. The molecule has 5 nitrogen and oxygen atoms in total. The lowest BCUT2D eigenvalue weighted by Gasteiger charge is -2.06. The molecule has 0 amide bonds. The van der Waals surface area contributed by atoms with Crippen molar-refractivity contribution in [2.24, 2.45) is 5.92 Å². The van der Waals surface area contributed by atoms with E-state index < -0.39 is 0 Å². The predicted octanol–water partition coefficient (Wildman–Crippen LogP) is 0.671. The highest BCUT2D eigenvalue weighted by Crippen LogP contribution is 2.10. The first-order valence-electron chi connectivity index (χ1n) is 5.17. The quantitative estimate of drug-likeness (QED) is 0.702. The van der Waals surface area contributed by atoms with Gasteiger partial charge in [-0.1, -0.05) is 19.1 Å². The van der Waals surface area contributed by atoms with Gasteiger partial charge in [-0.25, -0.2) is 4.68 Å². The van der Waals surface area contributed by atoms with Gasteiger partial charge in [-0.2, -0.15) is 0 Å². The SMILES string of the molecule is CC(C)CCc1c(C=O)nnn1CCO. The Hall–Kier alpha value is -1.23. The van der Waals surface area contributed by atoms with Crippen LogP contribution in [0.15, 0.2) is 0 Å². The summed E-state index contributed by atoms with van der Waals surface area (Å²) in [5, 5.41) is 16.4. The van der Waals surface area contributed by atoms with Gasteiger partial charge in [-0.05, 0) is 18.8 Å². The average molecular weight is 211 g/mol. The third-order valence-corrected chi connectivity index (χ3v) is 2.25. The first-order valence-corrected chi connectivity index (χ1v) is 5.17. The second kappa shape index (κ2) is 5.60. The zero-order chi connectivity index (χ0) is 11.3. The molecular formula is C10H17N3O2. The molecular weight excluding hydrogens is 194 g/mol. The van der Waals surface area contributed by atoms with Gasteiger partial charge < -0.3 is 5.11 Å². The van der Waals surface area contributed by atoms with E-state index in [1.54, 1.807) is 4.68 Å². The van der Waals surface area contributed by atoms with Crippen LogP contribution in [0.3, 0.4) is 0 Å². The van der Waals surface area contributed by atoms with E-state index >= 15 is 0 Å². The van der Waals surface area contributed by atoms with Crippen molar-refractivity contribution >= 4 is 6.29 Å². The largest absolute Gasteiger partial charge is 0.394 e. The number of aromatic nitrogens is 3. The van der Waals surface area contributed by atoms with Crippen molar-refractivity contribution in [2.45, 2.75) is 33.2 Å². The molecule has 1 heterocycles. The van der Waals surface area contributed by atoms with Crippen LogP contribution in [0.1, 0.15) is 36.5 Å². The Balaban J connectivity index is 2.79. The van der Waals surface area contributed by atoms with E-state index in [-0.39, 0.29) is 6.61 Å². The first-order chi connectivity index (χ1) is 7.19.